The lowest BCUT2D eigenvalue weighted by Crippen LogP contribution is -1.88. The van der Waals surface area contributed by atoms with Crippen LogP contribution in [0.15, 0.2) is 24.3 Å². The predicted molar refractivity (Wildman–Crippen MR) is 71.3 cm³/mol. The Bertz CT molecular complexity index is 349. The van der Waals surface area contributed by atoms with Crippen LogP contribution in [0, 0.1) is 0 Å². The third kappa shape index (κ3) is 4.31. The maximum absolute atomic E-state index is 11.7. The minimum atomic E-state index is 0.156. The van der Waals surface area contributed by atoms with Crippen molar-refractivity contribution in [3.63, 3.8) is 0 Å². The smallest absolute Gasteiger partial charge is 0.195 e. The lowest BCUT2D eigenvalue weighted by atomic mass is 10.2. The summed E-state index contributed by atoms with van der Waals surface area (Å²) in [6, 6.07) is 4.02. The predicted octanol–water partition coefficient (Wildman–Crippen LogP) is 4.63. The fraction of sp³-hybridized carbons (Fsp3) is 0.500. The third-order valence-electron chi connectivity index (χ3n) is 2.39. The first-order chi connectivity index (χ1) is 7.77. The summed E-state index contributed by atoms with van der Waals surface area (Å²) in [7, 11) is 0. The second kappa shape index (κ2) is 7.39. The molecule has 1 rings (SSSR count). The van der Waals surface area contributed by atoms with Gasteiger partial charge in [0.1, 0.15) is 0 Å². The zero-order valence-electron chi connectivity index (χ0n) is 10.2. The zero-order chi connectivity index (χ0) is 11.8. The van der Waals surface area contributed by atoms with Crippen LogP contribution in [-0.4, -0.2) is 5.78 Å². The number of allylic oxidation sites excluding steroid dienone is 2. The molecule has 0 aliphatic heterocycles. The summed E-state index contributed by atoms with van der Waals surface area (Å²) < 4.78 is 0. The SMILES string of the molecule is CCCC/C=C/C(=O)c1ccc(CCC)s1. The molecule has 1 aromatic rings. The maximum atomic E-state index is 11.7. The molecule has 0 spiro atoms. The monoisotopic (exact) mass is 236 g/mol. The Balaban J connectivity index is 2.49. The van der Waals surface area contributed by atoms with Gasteiger partial charge in [-0.05, 0) is 31.1 Å². The molecule has 2 heteroatoms. The van der Waals surface area contributed by atoms with Crippen LogP contribution >= 0.6 is 11.3 Å². The van der Waals surface area contributed by atoms with E-state index < -0.39 is 0 Å². The summed E-state index contributed by atoms with van der Waals surface area (Å²) in [6.07, 6.45) is 9.28. The van der Waals surface area contributed by atoms with E-state index in [2.05, 4.69) is 19.9 Å². The first-order valence-electron chi connectivity index (χ1n) is 6.07. The Morgan fingerprint density at radius 1 is 1.31 bits per heavy atom. The Morgan fingerprint density at radius 2 is 2.12 bits per heavy atom. The number of carbonyl (C=O) groups excluding carboxylic acids is 1. The zero-order valence-corrected chi connectivity index (χ0v) is 11.0. The lowest BCUT2D eigenvalue weighted by Gasteiger charge is -1.91. The van der Waals surface area contributed by atoms with E-state index in [1.54, 1.807) is 17.4 Å². The highest BCUT2D eigenvalue weighted by molar-refractivity contribution is 7.14. The molecule has 0 aliphatic rings. The van der Waals surface area contributed by atoms with Crippen molar-refractivity contribution < 1.29 is 4.79 Å². The molecule has 0 bridgehead atoms. The number of unbranched alkanes of at least 4 members (excludes halogenated alkanes) is 2. The van der Waals surface area contributed by atoms with Crippen LogP contribution < -0.4 is 0 Å². The van der Waals surface area contributed by atoms with Crippen molar-refractivity contribution in [3.8, 4) is 0 Å². The molecule has 0 saturated heterocycles. The largest absolute Gasteiger partial charge is 0.288 e. The molecule has 0 saturated carbocycles. The fourth-order valence-corrected chi connectivity index (χ4v) is 2.52. The average molecular weight is 236 g/mol. The summed E-state index contributed by atoms with van der Waals surface area (Å²) in [6.45, 7) is 4.32. The van der Waals surface area contributed by atoms with Crippen molar-refractivity contribution in [2.24, 2.45) is 0 Å². The van der Waals surface area contributed by atoms with Crippen molar-refractivity contribution >= 4 is 17.1 Å². The molecule has 1 nitrogen and oxygen atoms in total. The van der Waals surface area contributed by atoms with E-state index in [4.69, 9.17) is 0 Å². The topological polar surface area (TPSA) is 17.1 Å². The molecular weight excluding hydrogens is 216 g/mol. The lowest BCUT2D eigenvalue weighted by molar-refractivity contribution is 0.105. The van der Waals surface area contributed by atoms with Gasteiger partial charge in [0.2, 0.25) is 0 Å². The van der Waals surface area contributed by atoms with Gasteiger partial charge in [0, 0.05) is 4.88 Å². The van der Waals surface area contributed by atoms with E-state index in [1.807, 2.05) is 12.1 Å². The van der Waals surface area contributed by atoms with Gasteiger partial charge < -0.3 is 0 Å². The van der Waals surface area contributed by atoms with E-state index in [9.17, 15) is 4.79 Å². The number of hydrogen-bond acceptors (Lipinski definition) is 2. The number of hydrogen-bond donors (Lipinski definition) is 0. The number of carbonyl (C=O) groups is 1. The van der Waals surface area contributed by atoms with Crippen molar-refractivity contribution in [2.45, 2.75) is 46.0 Å². The first kappa shape index (κ1) is 13.2. The van der Waals surface area contributed by atoms with Crippen LogP contribution in [0.5, 0.6) is 0 Å². The molecule has 0 aliphatic carbocycles. The molecular formula is C14H20OS. The van der Waals surface area contributed by atoms with Crippen molar-refractivity contribution in [1.82, 2.24) is 0 Å². The minimum Gasteiger partial charge on any atom is -0.288 e. The van der Waals surface area contributed by atoms with Gasteiger partial charge in [-0.25, -0.2) is 0 Å². The van der Waals surface area contributed by atoms with E-state index >= 15 is 0 Å². The van der Waals surface area contributed by atoms with Crippen molar-refractivity contribution in [2.75, 3.05) is 0 Å². The van der Waals surface area contributed by atoms with Crippen molar-refractivity contribution in [1.29, 1.82) is 0 Å². The van der Waals surface area contributed by atoms with Crippen LogP contribution in [-0.2, 0) is 6.42 Å². The quantitative estimate of drug-likeness (QED) is 0.383. The van der Waals surface area contributed by atoms with E-state index in [0.29, 0.717) is 0 Å². The van der Waals surface area contributed by atoms with Gasteiger partial charge in [-0.3, -0.25) is 4.79 Å². The average Bonchev–Trinajstić information content (AvgIpc) is 2.73. The van der Waals surface area contributed by atoms with Gasteiger partial charge in [-0.2, -0.15) is 0 Å². The summed E-state index contributed by atoms with van der Waals surface area (Å²) in [5, 5.41) is 0. The molecule has 1 aromatic heterocycles. The Hall–Kier alpha value is -0.890. The van der Waals surface area contributed by atoms with Gasteiger partial charge in [-0.1, -0.05) is 39.2 Å². The van der Waals surface area contributed by atoms with E-state index in [0.717, 1.165) is 30.6 Å². The molecule has 0 amide bonds. The number of rotatable bonds is 7. The minimum absolute atomic E-state index is 0.156. The van der Waals surface area contributed by atoms with Crippen LogP contribution in [0.25, 0.3) is 0 Å². The van der Waals surface area contributed by atoms with Gasteiger partial charge in [0.15, 0.2) is 5.78 Å². The number of ketones is 1. The van der Waals surface area contributed by atoms with Crippen LogP contribution in [0.2, 0.25) is 0 Å². The summed E-state index contributed by atoms with van der Waals surface area (Å²) >= 11 is 1.63. The molecule has 0 N–H and O–H groups in total. The van der Waals surface area contributed by atoms with Crippen molar-refractivity contribution in [3.05, 3.63) is 34.0 Å². The van der Waals surface area contributed by atoms with Crippen LogP contribution in [0.3, 0.4) is 0 Å². The Labute approximate surface area is 102 Å². The molecule has 16 heavy (non-hydrogen) atoms. The molecule has 1 heterocycles. The second-order valence-electron chi connectivity index (χ2n) is 3.92. The first-order valence-corrected chi connectivity index (χ1v) is 6.89. The summed E-state index contributed by atoms with van der Waals surface area (Å²) in [5.41, 5.74) is 0. The maximum Gasteiger partial charge on any atom is 0.195 e. The third-order valence-corrected chi connectivity index (χ3v) is 3.55. The van der Waals surface area contributed by atoms with Gasteiger partial charge in [0.25, 0.3) is 0 Å². The molecule has 0 radical (unpaired) electrons. The molecule has 0 aromatic carbocycles. The Morgan fingerprint density at radius 3 is 2.81 bits per heavy atom. The van der Waals surface area contributed by atoms with Gasteiger partial charge >= 0.3 is 0 Å². The van der Waals surface area contributed by atoms with Crippen LogP contribution in [0.4, 0.5) is 0 Å². The highest BCUT2D eigenvalue weighted by atomic mass is 32.1. The summed E-state index contributed by atoms with van der Waals surface area (Å²) in [4.78, 5) is 13.9. The Kier molecular flexibility index (Phi) is 6.09. The molecule has 0 fully saturated rings. The van der Waals surface area contributed by atoms with E-state index in [1.165, 1.54) is 11.3 Å². The second-order valence-corrected chi connectivity index (χ2v) is 5.09. The molecule has 0 atom stereocenters. The number of aryl methyl sites for hydroxylation is 1. The fourth-order valence-electron chi connectivity index (χ4n) is 1.49. The molecule has 0 unspecified atom stereocenters. The molecule has 88 valence electrons. The van der Waals surface area contributed by atoms with E-state index in [-0.39, 0.29) is 5.78 Å². The number of thiophene rings is 1. The highest BCUT2D eigenvalue weighted by Crippen LogP contribution is 2.18. The van der Waals surface area contributed by atoms with Crippen LogP contribution in [0.1, 0.15) is 54.1 Å². The highest BCUT2D eigenvalue weighted by Gasteiger charge is 2.05. The normalized spacial score (nSPS) is 11.1. The summed E-state index contributed by atoms with van der Waals surface area (Å²) in [5.74, 6) is 0.156. The standard InChI is InChI=1S/C14H20OS/c1-3-5-6-7-9-13(15)14-11-10-12(16-14)8-4-2/h7,9-11H,3-6,8H2,1-2H3/b9-7+. The van der Waals surface area contributed by atoms with Gasteiger partial charge in [0.05, 0.1) is 4.88 Å². The van der Waals surface area contributed by atoms with Gasteiger partial charge in [-0.15, -0.1) is 11.3 Å².